The van der Waals surface area contributed by atoms with Gasteiger partial charge in [-0.1, -0.05) is 56.1 Å². The van der Waals surface area contributed by atoms with Gasteiger partial charge in [0, 0.05) is 15.4 Å². The number of hydrogen-bond donors (Lipinski definition) is 1. The van der Waals surface area contributed by atoms with Crippen LogP contribution < -0.4 is 0 Å². The number of benzene rings is 2. The minimum absolute atomic E-state index is 0.141. The van der Waals surface area contributed by atoms with Gasteiger partial charge in [-0.3, -0.25) is 4.79 Å². The van der Waals surface area contributed by atoms with E-state index in [4.69, 9.17) is 5.41 Å². The third-order valence-electron chi connectivity index (χ3n) is 3.65. The van der Waals surface area contributed by atoms with Crippen molar-refractivity contribution in [3.8, 4) is 0 Å². The minimum atomic E-state index is -0.141. The second-order valence-electron chi connectivity index (χ2n) is 5.56. The smallest absolute Gasteiger partial charge is 0.206 e. The normalized spacial score (nSPS) is 10.5. The summed E-state index contributed by atoms with van der Waals surface area (Å²) in [4.78, 5) is 14.5. The maximum Gasteiger partial charge on any atom is 0.206 e. The maximum atomic E-state index is 12.2. The predicted molar refractivity (Wildman–Crippen MR) is 97.8 cm³/mol. The van der Waals surface area contributed by atoms with Gasteiger partial charge in [0.1, 0.15) is 0 Å². The van der Waals surface area contributed by atoms with Crippen LogP contribution in [-0.4, -0.2) is 11.5 Å². The zero-order valence-electron chi connectivity index (χ0n) is 13.5. The van der Waals surface area contributed by atoms with E-state index in [9.17, 15) is 4.79 Å². The van der Waals surface area contributed by atoms with Crippen LogP contribution in [0.5, 0.6) is 0 Å². The quantitative estimate of drug-likeness (QED) is 0.348. The van der Waals surface area contributed by atoms with E-state index in [2.05, 4.69) is 19.1 Å². The summed E-state index contributed by atoms with van der Waals surface area (Å²) in [5.74, 6) is -0.141. The van der Waals surface area contributed by atoms with Gasteiger partial charge in [0.05, 0.1) is 5.71 Å². The van der Waals surface area contributed by atoms with Crippen LogP contribution in [0.15, 0.2) is 64.4 Å². The van der Waals surface area contributed by atoms with Crippen molar-refractivity contribution in [3.05, 3.63) is 60.2 Å². The lowest BCUT2D eigenvalue weighted by Crippen LogP contribution is -2.12. The van der Waals surface area contributed by atoms with Gasteiger partial charge in [0.25, 0.3) is 0 Å². The molecule has 0 aliphatic carbocycles. The second-order valence-corrected chi connectivity index (χ2v) is 6.70. The summed E-state index contributed by atoms with van der Waals surface area (Å²) in [6, 6.07) is 17.7. The van der Waals surface area contributed by atoms with E-state index in [0.717, 1.165) is 17.7 Å². The van der Waals surface area contributed by atoms with Crippen LogP contribution in [0.2, 0.25) is 0 Å². The molecular formula is C20H23NOS. The Kier molecular flexibility index (Phi) is 7.08. The molecule has 0 amide bonds. The number of carbonyl (C=O) groups excluding carboxylic acids is 1. The third-order valence-corrected chi connectivity index (χ3v) is 4.67. The van der Waals surface area contributed by atoms with E-state index in [1.165, 1.54) is 17.7 Å². The molecule has 0 spiro atoms. The van der Waals surface area contributed by atoms with Gasteiger partial charge < -0.3 is 5.41 Å². The number of carbonyl (C=O) groups is 1. The van der Waals surface area contributed by atoms with Crippen molar-refractivity contribution in [2.45, 2.75) is 48.8 Å². The van der Waals surface area contributed by atoms with Crippen molar-refractivity contribution in [1.29, 1.82) is 5.41 Å². The molecule has 2 rings (SSSR count). The molecule has 1 N–H and O–H groups in total. The van der Waals surface area contributed by atoms with Gasteiger partial charge in [0.2, 0.25) is 5.78 Å². The Bertz CT molecular complexity index is 634. The number of nitrogens with one attached hydrogen (secondary N) is 1. The lowest BCUT2D eigenvalue weighted by atomic mass is 10.0. The molecular weight excluding hydrogens is 302 g/mol. The van der Waals surface area contributed by atoms with Gasteiger partial charge in [0.15, 0.2) is 0 Å². The maximum absolute atomic E-state index is 12.2. The summed E-state index contributed by atoms with van der Waals surface area (Å²) in [6.07, 6.45) is 4.95. The summed E-state index contributed by atoms with van der Waals surface area (Å²) >= 11 is 1.67. The number of ketones is 1. The molecule has 0 atom stereocenters. The van der Waals surface area contributed by atoms with E-state index in [1.807, 2.05) is 42.5 Å². The standard InChI is InChI=1S/C20H23NOS/c1-2-3-4-8-11-19(21)20(22)16-12-14-18(15-13-16)23-17-9-6-5-7-10-17/h5-7,9-10,12-15,21H,2-4,8,11H2,1H3. The molecule has 0 heterocycles. The number of rotatable bonds is 9. The van der Waals surface area contributed by atoms with E-state index < -0.39 is 0 Å². The Morgan fingerprint density at radius 1 is 0.913 bits per heavy atom. The Morgan fingerprint density at radius 3 is 2.22 bits per heavy atom. The number of Topliss-reactive ketones (excluding diaryl/α,β-unsaturated/α-hetero) is 1. The summed E-state index contributed by atoms with van der Waals surface area (Å²) in [5, 5.41) is 7.95. The molecule has 0 bridgehead atoms. The van der Waals surface area contributed by atoms with Gasteiger partial charge in [-0.15, -0.1) is 0 Å². The van der Waals surface area contributed by atoms with Crippen molar-refractivity contribution in [3.63, 3.8) is 0 Å². The van der Waals surface area contributed by atoms with Crippen molar-refractivity contribution in [1.82, 2.24) is 0 Å². The fourth-order valence-electron chi connectivity index (χ4n) is 2.32. The highest BCUT2D eigenvalue weighted by molar-refractivity contribution is 7.99. The molecule has 3 heteroatoms. The first-order valence-electron chi connectivity index (χ1n) is 8.16. The third kappa shape index (κ3) is 5.68. The average Bonchev–Trinajstić information content (AvgIpc) is 2.59. The highest BCUT2D eigenvalue weighted by atomic mass is 32.2. The fraction of sp³-hybridized carbons (Fsp3) is 0.300. The SMILES string of the molecule is CCCCCCC(=N)C(=O)c1ccc(Sc2ccccc2)cc1. The second kappa shape index (κ2) is 9.31. The molecule has 0 radical (unpaired) electrons. The van der Waals surface area contributed by atoms with Crippen LogP contribution >= 0.6 is 11.8 Å². The molecule has 0 unspecified atom stereocenters. The van der Waals surface area contributed by atoms with Crippen molar-refractivity contribution in [2.24, 2.45) is 0 Å². The first-order chi connectivity index (χ1) is 11.2. The van der Waals surface area contributed by atoms with Gasteiger partial charge in [-0.2, -0.15) is 0 Å². The topological polar surface area (TPSA) is 40.9 Å². The minimum Gasteiger partial charge on any atom is -0.301 e. The summed E-state index contributed by atoms with van der Waals surface area (Å²) in [7, 11) is 0. The van der Waals surface area contributed by atoms with Gasteiger partial charge >= 0.3 is 0 Å². The average molecular weight is 325 g/mol. The number of unbranched alkanes of at least 4 members (excludes halogenated alkanes) is 3. The van der Waals surface area contributed by atoms with Gasteiger partial charge in [-0.25, -0.2) is 0 Å². The lowest BCUT2D eigenvalue weighted by molar-refractivity contribution is 0.106. The van der Waals surface area contributed by atoms with Crippen LogP contribution in [0.1, 0.15) is 49.4 Å². The Labute approximate surface area is 142 Å². The van der Waals surface area contributed by atoms with Crippen LogP contribution in [0, 0.1) is 5.41 Å². The zero-order valence-corrected chi connectivity index (χ0v) is 14.4. The largest absolute Gasteiger partial charge is 0.301 e. The Balaban J connectivity index is 1.90. The van der Waals surface area contributed by atoms with E-state index >= 15 is 0 Å². The van der Waals surface area contributed by atoms with Crippen LogP contribution in [0.25, 0.3) is 0 Å². The molecule has 2 aromatic carbocycles. The van der Waals surface area contributed by atoms with Crippen molar-refractivity contribution >= 4 is 23.3 Å². The number of hydrogen-bond acceptors (Lipinski definition) is 3. The lowest BCUT2D eigenvalue weighted by Gasteiger charge is -2.05. The molecule has 2 aromatic rings. The summed E-state index contributed by atoms with van der Waals surface area (Å²) in [6.45, 7) is 2.16. The van der Waals surface area contributed by atoms with Crippen molar-refractivity contribution < 1.29 is 4.79 Å². The van der Waals surface area contributed by atoms with E-state index in [0.29, 0.717) is 12.0 Å². The van der Waals surface area contributed by atoms with E-state index in [-0.39, 0.29) is 11.5 Å². The first kappa shape index (κ1) is 17.5. The molecule has 2 nitrogen and oxygen atoms in total. The first-order valence-corrected chi connectivity index (χ1v) is 8.97. The predicted octanol–water partition coefficient (Wildman–Crippen LogP) is 6.01. The fourth-order valence-corrected chi connectivity index (χ4v) is 3.15. The van der Waals surface area contributed by atoms with Crippen LogP contribution in [0.4, 0.5) is 0 Å². The molecule has 0 saturated carbocycles. The Morgan fingerprint density at radius 2 is 1.57 bits per heavy atom. The van der Waals surface area contributed by atoms with Gasteiger partial charge in [-0.05, 0) is 49.2 Å². The molecule has 0 aromatic heterocycles. The molecule has 120 valence electrons. The molecule has 0 aliphatic heterocycles. The molecule has 0 aliphatic rings. The summed E-state index contributed by atoms with van der Waals surface area (Å²) in [5.41, 5.74) is 0.840. The molecule has 0 fully saturated rings. The van der Waals surface area contributed by atoms with Crippen LogP contribution in [-0.2, 0) is 0 Å². The molecule has 23 heavy (non-hydrogen) atoms. The monoisotopic (exact) mass is 325 g/mol. The summed E-state index contributed by atoms with van der Waals surface area (Å²) < 4.78 is 0. The van der Waals surface area contributed by atoms with Crippen LogP contribution in [0.3, 0.4) is 0 Å². The van der Waals surface area contributed by atoms with Crippen molar-refractivity contribution in [2.75, 3.05) is 0 Å². The van der Waals surface area contributed by atoms with E-state index in [1.54, 1.807) is 11.8 Å². The zero-order chi connectivity index (χ0) is 16.5. The molecule has 0 saturated heterocycles. The highest BCUT2D eigenvalue weighted by Crippen LogP contribution is 2.27. The Hall–Kier alpha value is -1.87. The highest BCUT2D eigenvalue weighted by Gasteiger charge is 2.12.